The number of nitrogens with zero attached hydrogens (tertiary/aromatic N) is 4. The zero-order valence-electron chi connectivity index (χ0n) is 44.8. The molecule has 5 fully saturated rings. The predicted octanol–water partition coefficient (Wildman–Crippen LogP) is 6.91. The third-order valence-corrected chi connectivity index (χ3v) is 24.3. The maximum atomic E-state index is 15.2. The molecule has 2 bridgehead atoms. The number of likely N-dealkylation sites (N-methyl/N-ethyl adjacent to an activating group) is 1. The van der Waals surface area contributed by atoms with E-state index in [1.807, 2.05) is 0 Å². The molecule has 11 rings (SSSR count). The molecule has 16 nitrogen and oxygen atoms in total. The van der Waals surface area contributed by atoms with E-state index in [2.05, 4.69) is 103 Å². The second kappa shape index (κ2) is 20.1. The third kappa shape index (κ3) is 8.49. The van der Waals surface area contributed by atoms with Crippen molar-refractivity contribution < 1.29 is 53.0 Å². The van der Waals surface area contributed by atoms with E-state index in [9.17, 15) is 24.6 Å². The number of hydroxylamine groups is 2. The van der Waals surface area contributed by atoms with Gasteiger partial charge in [0.1, 0.15) is 0 Å². The van der Waals surface area contributed by atoms with Gasteiger partial charge in [-0.25, -0.2) is 9.59 Å². The van der Waals surface area contributed by atoms with Crippen LogP contribution in [0.5, 0.6) is 0 Å². The summed E-state index contributed by atoms with van der Waals surface area (Å²) in [4.78, 5) is 85.3. The average Bonchev–Trinajstić information content (AvgIpc) is 4.14. The molecule has 2 unspecified atom stereocenters. The van der Waals surface area contributed by atoms with Crippen molar-refractivity contribution in [2.45, 2.75) is 176 Å². The summed E-state index contributed by atoms with van der Waals surface area (Å²) in [7, 11) is 0.738. The van der Waals surface area contributed by atoms with Gasteiger partial charge in [-0.3, -0.25) is 19.4 Å². The van der Waals surface area contributed by atoms with Crippen LogP contribution in [0.4, 0.5) is 5.69 Å². The number of aromatic amines is 1. The molecule has 4 saturated heterocycles. The van der Waals surface area contributed by atoms with Gasteiger partial charge in [0.2, 0.25) is 5.60 Å². The van der Waals surface area contributed by atoms with Gasteiger partial charge in [0, 0.05) is 97.1 Å². The molecule has 1 saturated carbocycles. The van der Waals surface area contributed by atoms with Crippen LogP contribution in [0.2, 0.25) is 18.1 Å². The highest BCUT2D eigenvalue weighted by Gasteiger charge is 2.80. The summed E-state index contributed by atoms with van der Waals surface area (Å²) in [6, 6.07) is 15.3. The van der Waals surface area contributed by atoms with Crippen LogP contribution in [-0.4, -0.2) is 145 Å². The number of para-hydroxylation sites is 1. The van der Waals surface area contributed by atoms with Crippen molar-refractivity contribution in [3.8, 4) is 0 Å². The lowest BCUT2D eigenvalue weighted by Gasteiger charge is -2.65. The first-order valence-electron chi connectivity index (χ1n) is 27.8. The molecule has 7 aliphatic heterocycles. The molecule has 2 aromatic carbocycles. The van der Waals surface area contributed by atoms with Gasteiger partial charge in [-0.15, -0.1) is 5.06 Å². The lowest BCUT2D eigenvalue weighted by molar-refractivity contribution is -0.214. The number of esters is 1. The largest absolute Gasteiger partial charge is 0.467 e. The summed E-state index contributed by atoms with van der Waals surface area (Å²) in [6.45, 7) is 13.1. The number of hydrogen-bond donors (Lipinski definition) is 3. The highest BCUT2D eigenvalue weighted by molar-refractivity contribution is 6.74. The zero-order valence-corrected chi connectivity index (χ0v) is 45.8. The number of ether oxygens (including phenoxy) is 1. The van der Waals surface area contributed by atoms with Crippen molar-refractivity contribution in [1.82, 2.24) is 19.8 Å². The molecule has 404 valence electrons. The Morgan fingerprint density at radius 3 is 2.37 bits per heavy atom. The molecule has 1 aliphatic carbocycles. The van der Waals surface area contributed by atoms with Crippen molar-refractivity contribution in [2.24, 2.45) is 11.3 Å². The standard InChI is InChI=1S/C57H77N5O9Si.CO2/c1-7-54(67)34-38-33-53(4,48-40(22-26-60(35-38)36-54)39-17-10-11-18-43(39)58-48)41-32-42-44(31-37(41)3)59(5)50-56(42)24-27-61-25-16-23-55(8-2,49(56)61)51(57(50,68)52(66)69-6)71-72(28-13-9-14-29-72)30-15-12-19-47(65)70-62-45(63)20-21-46(62)64;2-1-3/h10-11,16-18,23,31-32,38,49-51,58,67-68H,7-9,12-15,19-22,24-30,33-36H2,1-6H3;/t38?,49-,50+,51+,53+,54-,55+,56+,57-;/m0./s1. The van der Waals surface area contributed by atoms with E-state index in [1.165, 1.54) is 34.9 Å². The Hall–Kier alpha value is -5.00. The number of amides is 2. The molecule has 3 aromatic rings. The molecular weight excluding hydrogens is 971 g/mol. The number of piperidine rings is 1. The SMILES string of the molecule is CC[C@]1(O)CC2CN(CCc3c([nH]c4ccccc34)[C@@](C)(c3cc4c(cc3C)N(C)[C@H]3[C@@](O)(C(=O)OC)[C@H](O[Si]5(CCCCC(=O)ON6C(=O)CCC6=O)CCCCC5)[C@]5(CC)C=CCN6CC[C@]43[C@@H]65)C2)C1.O=C=O. The summed E-state index contributed by atoms with van der Waals surface area (Å²) in [6.07, 6.45) is 12.9. The number of aryl methyl sites for hydroxylation is 1. The van der Waals surface area contributed by atoms with Crippen LogP contribution < -0.4 is 4.90 Å². The van der Waals surface area contributed by atoms with Crippen molar-refractivity contribution in [3.05, 3.63) is 76.5 Å². The summed E-state index contributed by atoms with van der Waals surface area (Å²) >= 11 is 0. The highest BCUT2D eigenvalue weighted by Crippen LogP contribution is 2.68. The number of aromatic nitrogens is 1. The fraction of sp³-hybridized carbons (Fsp3) is 0.638. The lowest BCUT2D eigenvalue weighted by Crippen LogP contribution is -2.82. The van der Waals surface area contributed by atoms with E-state index in [1.54, 1.807) is 0 Å². The number of methoxy groups -OCH3 is 1. The first-order valence-corrected chi connectivity index (χ1v) is 30.3. The van der Waals surface area contributed by atoms with Gasteiger partial charge in [-0.05, 0) is 124 Å². The van der Waals surface area contributed by atoms with Crippen LogP contribution in [-0.2, 0) is 60.0 Å². The Bertz CT molecular complexity index is 2790. The molecule has 17 heteroatoms. The summed E-state index contributed by atoms with van der Waals surface area (Å²) in [5, 5.41) is 28.1. The molecule has 8 aliphatic rings. The lowest BCUT2D eigenvalue weighted by atomic mass is 9.47. The van der Waals surface area contributed by atoms with E-state index in [0.717, 1.165) is 106 Å². The summed E-state index contributed by atoms with van der Waals surface area (Å²) in [5.41, 5.74) is 3.62. The fourth-order valence-corrected chi connectivity index (χ4v) is 21.4. The van der Waals surface area contributed by atoms with Crippen LogP contribution in [0, 0.1) is 18.3 Å². The molecule has 10 atom stereocenters. The number of rotatable bonds is 12. The molecule has 75 heavy (non-hydrogen) atoms. The van der Waals surface area contributed by atoms with Crippen molar-refractivity contribution >= 4 is 54.8 Å². The number of H-pyrrole nitrogens is 1. The second-order valence-electron chi connectivity index (χ2n) is 23.8. The Kier molecular flexibility index (Phi) is 14.3. The quantitative estimate of drug-likeness (QED) is 0.0556. The van der Waals surface area contributed by atoms with Crippen molar-refractivity contribution in [1.29, 1.82) is 0 Å². The van der Waals surface area contributed by atoms with Crippen LogP contribution >= 0.6 is 0 Å². The number of nitrogens with one attached hydrogen (secondary N) is 1. The van der Waals surface area contributed by atoms with Gasteiger partial charge in [-0.1, -0.05) is 75.9 Å². The van der Waals surface area contributed by atoms with Gasteiger partial charge < -0.3 is 34.1 Å². The molecule has 8 heterocycles. The van der Waals surface area contributed by atoms with Crippen LogP contribution in [0.1, 0.15) is 132 Å². The van der Waals surface area contributed by atoms with E-state index in [4.69, 9.17) is 23.6 Å². The van der Waals surface area contributed by atoms with E-state index in [0.29, 0.717) is 37.3 Å². The van der Waals surface area contributed by atoms with Gasteiger partial charge in [0.05, 0.1) is 24.9 Å². The van der Waals surface area contributed by atoms with Gasteiger partial charge >= 0.3 is 18.1 Å². The minimum Gasteiger partial charge on any atom is -0.467 e. The Labute approximate surface area is 441 Å². The van der Waals surface area contributed by atoms with E-state index >= 15 is 4.79 Å². The van der Waals surface area contributed by atoms with Crippen molar-refractivity contribution in [3.63, 3.8) is 0 Å². The summed E-state index contributed by atoms with van der Waals surface area (Å²) < 4.78 is 13.8. The third-order valence-electron chi connectivity index (χ3n) is 19.8. The number of imide groups is 1. The van der Waals surface area contributed by atoms with E-state index < -0.39 is 71.7 Å². The number of carbonyl (C=O) groups excluding carboxylic acids is 6. The molecule has 1 spiro atoms. The molecular formula is C58H77N5O11Si. The first kappa shape index (κ1) is 53.4. The van der Waals surface area contributed by atoms with Crippen LogP contribution in [0.15, 0.2) is 48.6 Å². The summed E-state index contributed by atoms with van der Waals surface area (Å²) in [5.74, 6) is -2.00. The number of anilines is 1. The predicted molar refractivity (Wildman–Crippen MR) is 282 cm³/mol. The number of carbonyl (C=O) groups is 4. The maximum Gasteiger partial charge on any atom is 0.373 e. The topological polar surface area (TPSA) is 199 Å². The van der Waals surface area contributed by atoms with Crippen LogP contribution in [0.25, 0.3) is 10.9 Å². The average molecular weight is 1050 g/mol. The molecule has 1 aromatic heterocycles. The normalized spacial score (nSPS) is 34.5. The number of aliphatic hydroxyl groups is 2. The number of fused-ring (bicyclic) bond motifs is 6. The minimum atomic E-state index is -2.73. The van der Waals surface area contributed by atoms with Gasteiger partial charge in [0.15, 0.2) is 8.32 Å². The Morgan fingerprint density at radius 2 is 1.67 bits per heavy atom. The highest BCUT2D eigenvalue weighted by atomic mass is 28.4. The van der Waals surface area contributed by atoms with E-state index in [-0.39, 0.29) is 37.4 Å². The minimum absolute atomic E-state index is 0.0471. The molecule has 2 amide bonds. The smallest absolute Gasteiger partial charge is 0.373 e. The fourth-order valence-electron chi connectivity index (χ4n) is 16.7. The van der Waals surface area contributed by atoms with Crippen LogP contribution in [0.3, 0.4) is 0 Å². The molecule has 3 N–H and O–H groups in total. The number of benzene rings is 2. The second-order valence-corrected chi connectivity index (χ2v) is 27.9. The monoisotopic (exact) mass is 1050 g/mol. The van der Waals surface area contributed by atoms with Gasteiger partial charge in [-0.2, -0.15) is 9.59 Å². The maximum absolute atomic E-state index is 15.2. The number of hydrogen-bond acceptors (Lipinski definition) is 14. The Morgan fingerprint density at radius 1 is 0.933 bits per heavy atom. The first-order chi connectivity index (χ1) is 35.9. The number of unbranched alkanes of at least 4 members (excludes halogenated alkanes) is 1. The van der Waals surface area contributed by atoms with Gasteiger partial charge in [0.25, 0.3) is 11.8 Å². The van der Waals surface area contributed by atoms with Crippen molar-refractivity contribution in [2.75, 3.05) is 51.8 Å². The molecule has 0 radical (unpaired) electrons. The zero-order chi connectivity index (χ0) is 53.3. The Balaban J connectivity index is 0.00000209.